The van der Waals surface area contributed by atoms with Crippen molar-refractivity contribution >= 4 is 39.1 Å². The summed E-state index contributed by atoms with van der Waals surface area (Å²) in [7, 11) is 0. The number of rotatable bonds is 6. The van der Waals surface area contributed by atoms with Crippen LogP contribution < -0.4 is 16.4 Å². The maximum absolute atomic E-state index is 11.4. The van der Waals surface area contributed by atoms with Crippen LogP contribution in [-0.2, 0) is 16.0 Å². The smallest absolute Gasteiger partial charge is 0.220 e. The van der Waals surface area contributed by atoms with Gasteiger partial charge in [-0.15, -0.1) is 11.3 Å². The van der Waals surface area contributed by atoms with Gasteiger partial charge in [-0.3, -0.25) is 4.79 Å². The summed E-state index contributed by atoms with van der Waals surface area (Å²) < 4.78 is 6.67. The summed E-state index contributed by atoms with van der Waals surface area (Å²) >= 11 is 1.77. The molecule has 10 heteroatoms. The number of hydrogen-bond acceptors (Lipinski definition) is 9. The molecule has 0 radical (unpaired) electrons. The Balaban J connectivity index is 1.39. The molecule has 0 saturated carbocycles. The average Bonchev–Trinajstić information content (AvgIpc) is 3.26. The number of morpholine rings is 1. The lowest BCUT2D eigenvalue weighted by Gasteiger charge is -2.30. The first kappa shape index (κ1) is 22.0. The van der Waals surface area contributed by atoms with Crippen LogP contribution in [0, 0.1) is 5.92 Å². The maximum atomic E-state index is 11.4. The van der Waals surface area contributed by atoms with E-state index in [1.807, 2.05) is 6.07 Å². The Kier molecular flexibility index (Phi) is 6.39. The molecule has 4 N–H and O–H groups in total. The lowest BCUT2D eigenvalue weighted by Crippen LogP contribution is -2.39. The quantitative estimate of drug-likeness (QED) is 0.564. The lowest BCUT2D eigenvalue weighted by molar-refractivity contribution is -0.123. The molecule has 0 aliphatic carbocycles. The highest BCUT2D eigenvalue weighted by Gasteiger charge is 2.24. The first-order valence-corrected chi connectivity index (χ1v) is 12.2. The second kappa shape index (κ2) is 9.58. The minimum Gasteiger partial charge on any atom is -0.384 e. The summed E-state index contributed by atoms with van der Waals surface area (Å²) in [4.78, 5) is 31.4. The first-order chi connectivity index (χ1) is 16.1. The van der Waals surface area contributed by atoms with E-state index in [1.165, 1.54) is 4.88 Å². The topological polar surface area (TPSA) is 123 Å². The van der Waals surface area contributed by atoms with E-state index in [0.29, 0.717) is 24.9 Å². The molecule has 33 heavy (non-hydrogen) atoms. The summed E-state index contributed by atoms with van der Waals surface area (Å²) in [5.74, 6) is 1.97. The molecule has 5 heterocycles. The van der Waals surface area contributed by atoms with E-state index in [-0.39, 0.29) is 11.8 Å². The zero-order valence-corrected chi connectivity index (χ0v) is 19.4. The Labute approximate surface area is 196 Å². The molecule has 5 rings (SSSR count). The molecule has 174 valence electrons. The van der Waals surface area contributed by atoms with Crippen molar-refractivity contribution in [2.75, 3.05) is 56.6 Å². The highest BCUT2D eigenvalue weighted by atomic mass is 32.1. The van der Waals surface area contributed by atoms with Crippen LogP contribution in [0.3, 0.4) is 0 Å². The molecule has 2 saturated heterocycles. The summed E-state index contributed by atoms with van der Waals surface area (Å²) in [6.07, 6.45) is 4.38. The van der Waals surface area contributed by atoms with E-state index in [0.717, 1.165) is 73.6 Å². The lowest BCUT2D eigenvalue weighted by atomic mass is 9.96. The van der Waals surface area contributed by atoms with E-state index in [1.54, 1.807) is 23.6 Å². The van der Waals surface area contributed by atoms with Gasteiger partial charge in [0.05, 0.1) is 23.4 Å². The standard InChI is InChI=1S/C23H29N7O2S/c24-19-2-1-16(14-26-19)22-27-18-13-17(5-8-29-6-3-15(4-7-29)21(25)31)33-20(18)23(28-22)30-9-11-32-12-10-30/h1-2,13-15H,3-12H2,(H2,24,26)(H2,25,31). The number of piperidine rings is 1. The molecule has 2 fully saturated rings. The van der Waals surface area contributed by atoms with E-state index in [9.17, 15) is 4.79 Å². The molecule has 2 aliphatic heterocycles. The molecule has 0 atom stereocenters. The summed E-state index contributed by atoms with van der Waals surface area (Å²) in [6.45, 7) is 5.83. The number of ether oxygens (including phenoxy) is 1. The molecule has 0 aromatic carbocycles. The third kappa shape index (κ3) is 4.92. The Morgan fingerprint density at radius 3 is 2.64 bits per heavy atom. The van der Waals surface area contributed by atoms with Crippen molar-refractivity contribution in [3.05, 3.63) is 29.3 Å². The van der Waals surface area contributed by atoms with Crippen LogP contribution in [0.2, 0.25) is 0 Å². The Hall–Kier alpha value is -2.82. The predicted octanol–water partition coefficient (Wildman–Crippen LogP) is 1.91. The third-order valence-electron chi connectivity index (χ3n) is 6.42. The number of nitrogen functional groups attached to an aromatic ring is 1. The van der Waals surface area contributed by atoms with Gasteiger partial charge in [0.15, 0.2) is 11.6 Å². The number of carbonyl (C=O) groups excluding carboxylic acids is 1. The molecule has 0 spiro atoms. The highest BCUT2D eigenvalue weighted by Crippen LogP contribution is 2.35. The number of primary amides is 1. The molecule has 3 aromatic heterocycles. The summed E-state index contributed by atoms with van der Waals surface area (Å²) in [5.41, 5.74) is 13.0. The SMILES string of the molecule is NC(=O)C1CCN(CCc2cc3nc(-c4ccc(N)nc4)nc(N4CCOCC4)c3s2)CC1. The van der Waals surface area contributed by atoms with Crippen LogP contribution in [0.5, 0.6) is 0 Å². The Bertz CT molecular complexity index is 1120. The van der Waals surface area contributed by atoms with Gasteiger partial charge in [0, 0.05) is 42.2 Å². The predicted molar refractivity (Wildman–Crippen MR) is 130 cm³/mol. The van der Waals surface area contributed by atoms with Crippen molar-refractivity contribution in [1.29, 1.82) is 0 Å². The van der Waals surface area contributed by atoms with Gasteiger partial charge in [-0.2, -0.15) is 0 Å². The second-order valence-corrected chi connectivity index (χ2v) is 9.77. The Morgan fingerprint density at radius 1 is 1.15 bits per heavy atom. The number of aromatic nitrogens is 3. The Morgan fingerprint density at radius 2 is 1.94 bits per heavy atom. The zero-order valence-electron chi connectivity index (χ0n) is 18.6. The number of hydrogen-bond donors (Lipinski definition) is 2. The minimum absolute atomic E-state index is 0.0261. The molecule has 9 nitrogen and oxygen atoms in total. The van der Waals surface area contributed by atoms with E-state index in [2.05, 4.69) is 20.9 Å². The van der Waals surface area contributed by atoms with Crippen LogP contribution in [0.4, 0.5) is 11.6 Å². The first-order valence-electron chi connectivity index (χ1n) is 11.4. The van der Waals surface area contributed by atoms with Crippen LogP contribution in [-0.4, -0.2) is 71.7 Å². The zero-order chi connectivity index (χ0) is 22.8. The van der Waals surface area contributed by atoms with Gasteiger partial charge < -0.3 is 26.0 Å². The monoisotopic (exact) mass is 467 g/mol. The van der Waals surface area contributed by atoms with Gasteiger partial charge in [0.2, 0.25) is 5.91 Å². The minimum atomic E-state index is -0.166. The van der Waals surface area contributed by atoms with Gasteiger partial charge in [-0.05, 0) is 50.6 Å². The molecule has 0 unspecified atom stereocenters. The number of amides is 1. The summed E-state index contributed by atoms with van der Waals surface area (Å²) in [5, 5.41) is 0. The number of nitrogens with two attached hydrogens (primary N) is 2. The fourth-order valence-corrected chi connectivity index (χ4v) is 5.55. The van der Waals surface area contributed by atoms with Gasteiger partial charge in [-0.25, -0.2) is 15.0 Å². The fraction of sp³-hybridized carbons (Fsp3) is 0.478. The van der Waals surface area contributed by atoms with Gasteiger partial charge in [0.25, 0.3) is 0 Å². The average molecular weight is 468 g/mol. The molecule has 0 bridgehead atoms. The van der Waals surface area contributed by atoms with E-state index < -0.39 is 0 Å². The number of pyridine rings is 1. The molecular formula is C23H29N7O2S. The fourth-order valence-electron chi connectivity index (χ4n) is 4.45. The van der Waals surface area contributed by atoms with Crippen molar-refractivity contribution in [2.24, 2.45) is 11.7 Å². The van der Waals surface area contributed by atoms with Crippen LogP contribution in [0.15, 0.2) is 24.4 Å². The summed E-state index contributed by atoms with van der Waals surface area (Å²) in [6, 6.07) is 5.88. The van der Waals surface area contributed by atoms with Gasteiger partial charge in [-0.1, -0.05) is 0 Å². The number of carbonyl (C=O) groups is 1. The normalized spacial score (nSPS) is 18.1. The number of nitrogens with zero attached hydrogens (tertiary/aromatic N) is 5. The van der Waals surface area contributed by atoms with Crippen molar-refractivity contribution in [3.8, 4) is 11.4 Å². The largest absolute Gasteiger partial charge is 0.384 e. The van der Waals surface area contributed by atoms with Crippen LogP contribution in [0.1, 0.15) is 17.7 Å². The van der Waals surface area contributed by atoms with Gasteiger partial charge in [0.1, 0.15) is 5.82 Å². The van der Waals surface area contributed by atoms with Crippen molar-refractivity contribution in [3.63, 3.8) is 0 Å². The van der Waals surface area contributed by atoms with Crippen molar-refractivity contribution in [1.82, 2.24) is 19.9 Å². The third-order valence-corrected chi connectivity index (χ3v) is 7.60. The highest BCUT2D eigenvalue weighted by molar-refractivity contribution is 7.19. The van der Waals surface area contributed by atoms with Crippen molar-refractivity contribution < 1.29 is 9.53 Å². The number of likely N-dealkylation sites (tertiary alicyclic amines) is 1. The second-order valence-electron chi connectivity index (χ2n) is 8.64. The molecule has 3 aromatic rings. The van der Waals surface area contributed by atoms with E-state index in [4.69, 9.17) is 26.2 Å². The maximum Gasteiger partial charge on any atom is 0.220 e. The molecule has 1 amide bonds. The molecular weight excluding hydrogens is 438 g/mol. The number of thiophene rings is 1. The van der Waals surface area contributed by atoms with Crippen molar-refractivity contribution in [2.45, 2.75) is 19.3 Å². The number of anilines is 2. The van der Waals surface area contributed by atoms with Crippen LogP contribution >= 0.6 is 11.3 Å². The van der Waals surface area contributed by atoms with Gasteiger partial charge >= 0.3 is 0 Å². The van der Waals surface area contributed by atoms with E-state index >= 15 is 0 Å². The van der Waals surface area contributed by atoms with Crippen LogP contribution in [0.25, 0.3) is 21.6 Å². The number of fused-ring (bicyclic) bond motifs is 1. The molecule has 2 aliphatic rings.